The smallest absolute Gasteiger partial charge is 0.230 e. The van der Waals surface area contributed by atoms with Crippen molar-refractivity contribution in [2.24, 2.45) is 0 Å². The molecule has 2 rings (SSSR count). The van der Waals surface area contributed by atoms with Gasteiger partial charge in [-0.2, -0.15) is 0 Å². The molecule has 0 saturated carbocycles. The number of amides is 1. The lowest BCUT2D eigenvalue weighted by Gasteiger charge is -2.19. The molecule has 2 heterocycles. The number of nitrogens with zero attached hydrogens (tertiary/aromatic N) is 2. The number of hydrogen-bond donors (Lipinski definition) is 1. The topological polar surface area (TPSA) is 58.4 Å². The number of hydrogen-bond acceptors (Lipinski definition) is 5. The van der Waals surface area contributed by atoms with Crippen molar-refractivity contribution in [2.45, 2.75) is 51.7 Å². The maximum atomic E-state index is 11.9. The average Bonchev–Trinajstić information content (AvgIpc) is 2.74. The fourth-order valence-electron chi connectivity index (χ4n) is 2.90. The minimum absolute atomic E-state index is 0.123. The first kappa shape index (κ1) is 18.3. The second kappa shape index (κ2) is 9.98. The van der Waals surface area contributed by atoms with Crippen molar-refractivity contribution in [1.29, 1.82) is 0 Å². The molecule has 1 aromatic rings. The van der Waals surface area contributed by atoms with E-state index in [4.69, 9.17) is 4.52 Å². The Labute approximate surface area is 143 Å². The maximum absolute atomic E-state index is 11.9. The Hall–Kier alpha value is -1.01. The SMILES string of the molecule is Cc1noc(C)c1CSCC(=O)NCCCN1CCCCCC1. The zero-order chi connectivity index (χ0) is 16.5. The molecule has 5 nitrogen and oxygen atoms in total. The van der Waals surface area contributed by atoms with E-state index < -0.39 is 0 Å². The van der Waals surface area contributed by atoms with Gasteiger partial charge >= 0.3 is 0 Å². The molecule has 0 radical (unpaired) electrons. The van der Waals surface area contributed by atoms with E-state index in [9.17, 15) is 4.79 Å². The Morgan fingerprint density at radius 1 is 1.26 bits per heavy atom. The van der Waals surface area contributed by atoms with Crippen molar-refractivity contribution in [3.05, 3.63) is 17.0 Å². The monoisotopic (exact) mass is 339 g/mol. The number of rotatable bonds is 8. The van der Waals surface area contributed by atoms with Crippen LogP contribution in [-0.2, 0) is 10.5 Å². The summed E-state index contributed by atoms with van der Waals surface area (Å²) >= 11 is 1.61. The Bertz CT molecular complexity index is 463. The Morgan fingerprint density at radius 3 is 2.65 bits per heavy atom. The van der Waals surface area contributed by atoms with Crippen LogP contribution in [0.15, 0.2) is 4.52 Å². The highest BCUT2D eigenvalue weighted by Gasteiger charge is 2.11. The molecule has 1 amide bonds. The van der Waals surface area contributed by atoms with Crippen molar-refractivity contribution < 1.29 is 9.32 Å². The normalized spacial score (nSPS) is 16.3. The van der Waals surface area contributed by atoms with E-state index in [0.29, 0.717) is 5.75 Å². The lowest BCUT2D eigenvalue weighted by Crippen LogP contribution is -2.31. The average molecular weight is 340 g/mol. The number of aromatic nitrogens is 1. The van der Waals surface area contributed by atoms with Gasteiger partial charge in [-0.25, -0.2) is 0 Å². The summed E-state index contributed by atoms with van der Waals surface area (Å²) in [6, 6.07) is 0. The predicted molar refractivity (Wildman–Crippen MR) is 94.7 cm³/mol. The molecule has 0 atom stereocenters. The molecule has 23 heavy (non-hydrogen) atoms. The molecule has 1 aromatic heterocycles. The summed E-state index contributed by atoms with van der Waals surface area (Å²) in [5, 5.41) is 6.95. The molecule has 0 bridgehead atoms. The molecule has 1 aliphatic rings. The van der Waals surface area contributed by atoms with Crippen molar-refractivity contribution in [2.75, 3.05) is 31.9 Å². The van der Waals surface area contributed by atoms with Gasteiger partial charge in [0.1, 0.15) is 5.76 Å². The third-order valence-electron chi connectivity index (χ3n) is 4.33. The van der Waals surface area contributed by atoms with E-state index in [2.05, 4.69) is 15.4 Å². The zero-order valence-corrected chi connectivity index (χ0v) is 15.2. The molecular weight excluding hydrogens is 310 g/mol. The Kier molecular flexibility index (Phi) is 7.95. The molecule has 0 unspecified atom stereocenters. The van der Waals surface area contributed by atoms with Gasteiger partial charge in [-0.3, -0.25) is 4.79 Å². The quantitative estimate of drug-likeness (QED) is 0.738. The fraction of sp³-hybridized carbons (Fsp3) is 0.765. The van der Waals surface area contributed by atoms with Gasteiger partial charge < -0.3 is 14.7 Å². The molecule has 1 N–H and O–H groups in total. The highest BCUT2D eigenvalue weighted by molar-refractivity contribution is 7.99. The minimum Gasteiger partial charge on any atom is -0.361 e. The highest BCUT2D eigenvalue weighted by Crippen LogP contribution is 2.19. The second-order valence-electron chi connectivity index (χ2n) is 6.25. The lowest BCUT2D eigenvalue weighted by atomic mass is 10.2. The third kappa shape index (κ3) is 6.55. The Balaban J connectivity index is 1.53. The number of carbonyl (C=O) groups excluding carboxylic acids is 1. The number of aryl methyl sites for hydroxylation is 2. The van der Waals surface area contributed by atoms with Gasteiger partial charge in [0.2, 0.25) is 5.91 Å². The zero-order valence-electron chi connectivity index (χ0n) is 14.4. The Morgan fingerprint density at radius 2 is 2.00 bits per heavy atom. The van der Waals surface area contributed by atoms with Gasteiger partial charge in [-0.15, -0.1) is 11.8 Å². The summed E-state index contributed by atoms with van der Waals surface area (Å²) in [6.07, 6.45) is 6.43. The first-order chi connectivity index (χ1) is 11.2. The van der Waals surface area contributed by atoms with E-state index in [-0.39, 0.29) is 5.91 Å². The van der Waals surface area contributed by atoms with Crippen LogP contribution in [0.3, 0.4) is 0 Å². The van der Waals surface area contributed by atoms with Gasteiger partial charge in [0.25, 0.3) is 0 Å². The number of thioether (sulfide) groups is 1. The number of likely N-dealkylation sites (tertiary alicyclic amines) is 1. The number of nitrogens with one attached hydrogen (secondary N) is 1. The van der Waals surface area contributed by atoms with E-state index in [1.165, 1.54) is 38.8 Å². The summed E-state index contributed by atoms with van der Waals surface area (Å²) in [6.45, 7) is 8.18. The summed E-state index contributed by atoms with van der Waals surface area (Å²) < 4.78 is 5.13. The van der Waals surface area contributed by atoms with Crippen LogP contribution in [0.2, 0.25) is 0 Å². The predicted octanol–water partition coefficient (Wildman–Crippen LogP) is 2.91. The van der Waals surface area contributed by atoms with E-state index in [1.807, 2.05) is 13.8 Å². The molecule has 0 aromatic carbocycles. The van der Waals surface area contributed by atoms with Crippen LogP contribution in [0.4, 0.5) is 0 Å². The molecule has 0 aliphatic carbocycles. The lowest BCUT2D eigenvalue weighted by molar-refractivity contribution is -0.118. The second-order valence-corrected chi connectivity index (χ2v) is 7.24. The summed E-state index contributed by atoms with van der Waals surface area (Å²) in [5.74, 6) is 2.25. The first-order valence-electron chi connectivity index (χ1n) is 8.65. The van der Waals surface area contributed by atoms with Crippen LogP contribution in [0, 0.1) is 13.8 Å². The first-order valence-corrected chi connectivity index (χ1v) is 9.81. The van der Waals surface area contributed by atoms with Crippen molar-refractivity contribution in [1.82, 2.24) is 15.4 Å². The van der Waals surface area contributed by atoms with Crippen molar-refractivity contribution >= 4 is 17.7 Å². The molecular formula is C17H29N3O2S. The summed E-state index contributed by atoms with van der Waals surface area (Å²) in [7, 11) is 0. The van der Waals surface area contributed by atoms with Crippen LogP contribution in [0.25, 0.3) is 0 Å². The van der Waals surface area contributed by atoms with Gasteiger partial charge in [0, 0.05) is 17.9 Å². The van der Waals surface area contributed by atoms with Gasteiger partial charge in [-0.05, 0) is 52.7 Å². The molecule has 1 fully saturated rings. The van der Waals surface area contributed by atoms with Crippen LogP contribution in [0.1, 0.15) is 49.1 Å². The van der Waals surface area contributed by atoms with Crippen molar-refractivity contribution in [3.8, 4) is 0 Å². The molecule has 6 heteroatoms. The van der Waals surface area contributed by atoms with E-state index >= 15 is 0 Å². The van der Waals surface area contributed by atoms with Crippen LogP contribution >= 0.6 is 11.8 Å². The number of carbonyl (C=O) groups is 1. The third-order valence-corrected chi connectivity index (χ3v) is 5.29. The maximum Gasteiger partial charge on any atom is 0.230 e. The van der Waals surface area contributed by atoms with Crippen molar-refractivity contribution in [3.63, 3.8) is 0 Å². The van der Waals surface area contributed by atoms with E-state index in [1.54, 1.807) is 11.8 Å². The van der Waals surface area contributed by atoms with Gasteiger partial charge in [0.05, 0.1) is 11.4 Å². The minimum atomic E-state index is 0.123. The van der Waals surface area contributed by atoms with Gasteiger partial charge in [-0.1, -0.05) is 18.0 Å². The molecule has 130 valence electrons. The van der Waals surface area contributed by atoms with Crippen LogP contribution in [0.5, 0.6) is 0 Å². The fourth-order valence-corrected chi connectivity index (χ4v) is 3.90. The van der Waals surface area contributed by atoms with Crippen LogP contribution in [-0.4, -0.2) is 47.9 Å². The summed E-state index contributed by atoms with van der Waals surface area (Å²) in [5.41, 5.74) is 2.04. The molecule has 1 saturated heterocycles. The molecule has 0 spiro atoms. The largest absolute Gasteiger partial charge is 0.361 e. The van der Waals surface area contributed by atoms with E-state index in [0.717, 1.165) is 42.3 Å². The van der Waals surface area contributed by atoms with Crippen LogP contribution < -0.4 is 5.32 Å². The summed E-state index contributed by atoms with van der Waals surface area (Å²) in [4.78, 5) is 14.4. The van der Waals surface area contributed by atoms with Gasteiger partial charge in [0.15, 0.2) is 0 Å². The standard InChI is InChI=1S/C17H29N3O2S/c1-14-16(15(2)22-19-14)12-23-13-17(21)18-8-7-11-20-9-5-3-4-6-10-20/h3-13H2,1-2H3,(H,18,21). The molecule has 1 aliphatic heterocycles. The highest BCUT2D eigenvalue weighted by atomic mass is 32.2.